The van der Waals surface area contributed by atoms with Crippen molar-refractivity contribution in [3.63, 3.8) is 0 Å². The first-order valence-electron chi connectivity index (χ1n) is 11.1. The van der Waals surface area contributed by atoms with Crippen molar-refractivity contribution in [3.8, 4) is 0 Å². The second kappa shape index (κ2) is 7.06. The van der Waals surface area contributed by atoms with Crippen LogP contribution in [0.25, 0.3) is 0 Å². The Bertz CT molecular complexity index is 596. The highest BCUT2D eigenvalue weighted by atomic mass is 16.6. The summed E-state index contributed by atoms with van der Waals surface area (Å²) < 4.78 is 12.4. The van der Waals surface area contributed by atoms with Crippen LogP contribution in [-0.4, -0.2) is 34.9 Å². The van der Waals surface area contributed by atoms with E-state index in [0.717, 1.165) is 51.4 Å². The third-order valence-electron chi connectivity index (χ3n) is 8.33. The molecule has 2 bridgehead atoms. The molecule has 0 radical (unpaired) electrons. The molecule has 5 nitrogen and oxygen atoms in total. The van der Waals surface area contributed by atoms with Crippen LogP contribution in [0.3, 0.4) is 0 Å². The second-order valence-electron chi connectivity index (χ2n) is 9.30. The summed E-state index contributed by atoms with van der Waals surface area (Å²) in [6, 6.07) is 0. The van der Waals surface area contributed by atoms with E-state index >= 15 is 0 Å². The summed E-state index contributed by atoms with van der Waals surface area (Å²) in [5.41, 5.74) is -0.357. The van der Waals surface area contributed by atoms with Gasteiger partial charge in [-0.1, -0.05) is 20.8 Å². The molecule has 4 aliphatic rings. The van der Waals surface area contributed by atoms with Crippen LogP contribution >= 0.6 is 0 Å². The van der Waals surface area contributed by atoms with Gasteiger partial charge >= 0.3 is 11.9 Å². The molecule has 4 fully saturated rings. The highest BCUT2D eigenvalue weighted by Gasteiger charge is 2.68. The normalized spacial score (nSPS) is 44.4. The number of esters is 1. The SMILES string of the molecule is CCC1OC(CC)C2C3CC(C(C(=O)O)C3C(=O)OC3(CC)CCCC3)C12. The maximum Gasteiger partial charge on any atom is 0.310 e. The molecule has 1 saturated heterocycles. The van der Waals surface area contributed by atoms with Gasteiger partial charge in [0.1, 0.15) is 5.60 Å². The molecular weight excluding hydrogens is 344 g/mol. The molecule has 3 saturated carbocycles. The summed E-state index contributed by atoms with van der Waals surface area (Å²) in [6.45, 7) is 6.34. The van der Waals surface area contributed by atoms with E-state index in [0.29, 0.717) is 11.8 Å². The lowest BCUT2D eigenvalue weighted by atomic mass is 9.65. The predicted molar refractivity (Wildman–Crippen MR) is 100 cm³/mol. The zero-order valence-corrected chi connectivity index (χ0v) is 16.9. The molecule has 0 aromatic heterocycles. The van der Waals surface area contributed by atoms with Crippen LogP contribution in [0.5, 0.6) is 0 Å². The minimum atomic E-state index is -0.824. The molecule has 3 aliphatic carbocycles. The van der Waals surface area contributed by atoms with Crippen LogP contribution < -0.4 is 0 Å². The topological polar surface area (TPSA) is 72.8 Å². The summed E-state index contributed by atoms with van der Waals surface area (Å²) >= 11 is 0. The molecule has 0 aromatic carbocycles. The first-order chi connectivity index (χ1) is 13.0. The molecule has 8 unspecified atom stereocenters. The zero-order chi connectivity index (χ0) is 19.3. The molecule has 0 spiro atoms. The quantitative estimate of drug-likeness (QED) is 0.706. The van der Waals surface area contributed by atoms with Crippen LogP contribution in [0.4, 0.5) is 0 Å². The number of aliphatic carboxylic acids is 1. The summed E-state index contributed by atoms with van der Waals surface area (Å²) in [5.74, 6) is -1.40. The number of carbonyl (C=O) groups excluding carboxylic acids is 1. The van der Waals surface area contributed by atoms with Crippen LogP contribution in [-0.2, 0) is 19.1 Å². The molecule has 0 aromatic rings. The summed E-state index contributed by atoms with van der Waals surface area (Å²) in [7, 11) is 0. The highest BCUT2D eigenvalue weighted by molar-refractivity contribution is 5.83. The lowest BCUT2D eigenvalue weighted by Crippen LogP contribution is -2.47. The van der Waals surface area contributed by atoms with Gasteiger partial charge in [-0.25, -0.2) is 0 Å². The maximum absolute atomic E-state index is 13.3. The molecular formula is C22H34O5. The number of ether oxygens (including phenoxy) is 2. The molecule has 1 aliphatic heterocycles. The average molecular weight is 379 g/mol. The third-order valence-corrected chi connectivity index (χ3v) is 8.33. The third kappa shape index (κ3) is 2.83. The van der Waals surface area contributed by atoms with Crippen LogP contribution in [0.1, 0.15) is 72.1 Å². The van der Waals surface area contributed by atoms with Gasteiger partial charge in [-0.2, -0.15) is 0 Å². The Balaban J connectivity index is 1.61. The zero-order valence-electron chi connectivity index (χ0n) is 16.9. The molecule has 152 valence electrons. The van der Waals surface area contributed by atoms with E-state index in [1.807, 2.05) is 0 Å². The molecule has 1 heterocycles. The standard InChI is InChI=1S/C22H34O5/c1-4-14-16-12-11-13(17(16)15(5-2)26-14)19(18(12)20(23)24)21(25)27-22(6-3)9-7-8-10-22/h12-19H,4-11H2,1-3H3,(H,23,24). The van der Waals surface area contributed by atoms with Gasteiger partial charge in [-0.15, -0.1) is 0 Å². The van der Waals surface area contributed by atoms with Gasteiger partial charge in [-0.3, -0.25) is 9.59 Å². The van der Waals surface area contributed by atoms with Crippen molar-refractivity contribution in [2.24, 2.45) is 35.5 Å². The Labute approximate surface area is 162 Å². The molecule has 27 heavy (non-hydrogen) atoms. The van der Waals surface area contributed by atoms with E-state index in [-0.39, 0.29) is 35.6 Å². The first-order valence-corrected chi connectivity index (χ1v) is 11.1. The minimum Gasteiger partial charge on any atom is -0.481 e. The second-order valence-corrected chi connectivity index (χ2v) is 9.30. The number of carbonyl (C=O) groups is 2. The lowest BCUT2D eigenvalue weighted by Gasteiger charge is -2.38. The fourth-order valence-corrected chi connectivity index (χ4v) is 7.18. The summed E-state index contributed by atoms with van der Waals surface area (Å²) in [6.07, 6.45) is 7.84. The average Bonchev–Trinajstić information content (AvgIpc) is 3.40. The van der Waals surface area contributed by atoms with Crippen molar-refractivity contribution in [1.82, 2.24) is 0 Å². The molecule has 0 amide bonds. The first kappa shape index (κ1) is 19.2. The molecule has 8 atom stereocenters. The van der Waals surface area contributed by atoms with Crippen LogP contribution in [0.15, 0.2) is 0 Å². The van der Waals surface area contributed by atoms with Crippen LogP contribution in [0, 0.1) is 35.5 Å². The fraction of sp³-hybridized carbons (Fsp3) is 0.909. The molecule has 5 heteroatoms. The van der Waals surface area contributed by atoms with Gasteiger partial charge in [0, 0.05) is 0 Å². The monoisotopic (exact) mass is 378 g/mol. The van der Waals surface area contributed by atoms with Gasteiger partial charge < -0.3 is 14.6 Å². The minimum absolute atomic E-state index is 0.0534. The summed E-state index contributed by atoms with van der Waals surface area (Å²) in [5, 5.41) is 9.99. The van der Waals surface area contributed by atoms with Crippen molar-refractivity contribution >= 4 is 11.9 Å². The molecule has 4 rings (SSSR count). The lowest BCUT2D eigenvalue weighted by molar-refractivity contribution is -0.175. The Morgan fingerprint density at radius 2 is 1.56 bits per heavy atom. The van der Waals surface area contributed by atoms with E-state index in [4.69, 9.17) is 9.47 Å². The van der Waals surface area contributed by atoms with E-state index in [1.54, 1.807) is 0 Å². The largest absolute Gasteiger partial charge is 0.481 e. The Hall–Kier alpha value is -1.10. The predicted octanol–water partition coefficient (Wildman–Crippen LogP) is 4.04. The molecule has 1 N–H and O–H groups in total. The number of hydrogen-bond acceptors (Lipinski definition) is 4. The number of carboxylic acids is 1. The van der Waals surface area contributed by atoms with Gasteiger partial charge in [0.15, 0.2) is 0 Å². The van der Waals surface area contributed by atoms with Crippen molar-refractivity contribution in [2.75, 3.05) is 0 Å². The van der Waals surface area contributed by atoms with E-state index < -0.39 is 17.8 Å². The Kier molecular flexibility index (Phi) is 5.02. The van der Waals surface area contributed by atoms with Crippen molar-refractivity contribution in [1.29, 1.82) is 0 Å². The van der Waals surface area contributed by atoms with Gasteiger partial charge in [0.05, 0.1) is 24.0 Å². The van der Waals surface area contributed by atoms with Crippen molar-refractivity contribution in [2.45, 2.75) is 89.9 Å². The van der Waals surface area contributed by atoms with E-state index in [2.05, 4.69) is 20.8 Å². The highest BCUT2D eigenvalue weighted by Crippen LogP contribution is 2.64. The van der Waals surface area contributed by atoms with E-state index in [1.165, 1.54) is 0 Å². The summed E-state index contributed by atoms with van der Waals surface area (Å²) in [4.78, 5) is 25.5. The number of hydrogen-bond donors (Lipinski definition) is 1. The van der Waals surface area contributed by atoms with Crippen molar-refractivity contribution < 1.29 is 24.2 Å². The number of carboxylic acid groups (broad SMARTS) is 1. The number of fused-ring (bicyclic) bond motifs is 5. The fourth-order valence-electron chi connectivity index (χ4n) is 7.18. The van der Waals surface area contributed by atoms with Crippen molar-refractivity contribution in [3.05, 3.63) is 0 Å². The van der Waals surface area contributed by atoms with Gasteiger partial charge in [-0.05, 0) is 75.0 Å². The van der Waals surface area contributed by atoms with E-state index in [9.17, 15) is 14.7 Å². The smallest absolute Gasteiger partial charge is 0.310 e. The Morgan fingerprint density at radius 1 is 1.00 bits per heavy atom. The van der Waals surface area contributed by atoms with Gasteiger partial charge in [0.2, 0.25) is 0 Å². The maximum atomic E-state index is 13.3. The Morgan fingerprint density at radius 3 is 2.04 bits per heavy atom. The number of rotatable bonds is 6. The van der Waals surface area contributed by atoms with Crippen LogP contribution in [0.2, 0.25) is 0 Å². The van der Waals surface area contributed by atoms with Gasteiger partial charge in [0.25, 0.3) is 0 Å².